The van der Waals surface area contributed by atoms with Crippen LogP contribution in [0.4, 0.5) is 4.39 Å². The van der Waals surface area contributed by atoms with Gasteiger partial charge in [-0.05, 0) is 65.8 Å². The van der Waals surface area contributed by atoms with E-state index >= 15 is 0 Å². The van der Waals surface area contributed by atoms with Crippen molar-refractivity contribution in [3.8, 4) is 5.75 Å². The SMILES string of the molecule is Cc1ccc(Cc2ccc3c(c2)CCc2ccc(OC[C@H](O)CO)cc2C3=O)c(F)c1. The van der Waals surface area contributed by atoms with Crippen LogP contribution in [0.25, 0.3) is 0 Å². The Morgan fingerprint density at radius 3 is 2.58 bits per heavy atom. The number of carbonyl (C=O) groups is 1. The lowest BCUT2D eigenvalue weighted by Crippen LogP contribution is -2.21. The zero-order valence-corrected chi connectivity index (χ0v) is 17.4. The largest absolute Gasteiger partial charge is 0.491 e. The van der Waals surface area contributed by atoms with Gasteiger partial charge in [0.05, 0.1) is 6.61 Å². The standard InChI is InChI=1S/C26H25FO4/c1-16-2-4-20(25(27)10-16)12-17-3-9-23-19(11-17)6-5-18-7-8-22(13-24(18)26(23)30)31-15-21(29)14-28/h2-4,7-11,13,21,28-29H,5-6,12,14-15H2,1H3/t21-/m1/s1. The number of ether oxygens (including phenoxy) is 1. The van der Waals surface area contributed by atoms with Crippen LogP contribution in [-0.4, -0.2) is 35.3 Å². The van der Waals surface area contributed by atoms with Crippen molar-refractivity contribution in [2.24, 2.45) is 0 Å². The topological polar surface area (TPSA) is 66.8 Å². The van der Waals surface area contributed by atoms with Crippen molar-refractivity contribution in [1.29, 1.82) is 0 Å². The summed E-state index contributed by atoms with van der Waals surface area (Å²) in [6.07, 6.45) is 0.954. The number of hydrogen-bond acceptors (Lipinski definition) is 4. The molecule has 0 bridgehead atoms. The molecular formula is C26H25FO4. The lowest BCUT2D eigenvalue weighted by Gasteiger charge is -2.12. The van der Waals surface area contributed by atoms with Crippen molar-refractivity contribution < 1.29 is 24.1 Å². The molecule has 3 aromatic rings. The van der Waals surface area contributed by atoms with Gasteiger partial charge in [-0.2, -0.15) is 0 Å². The predicted octanol–water partition coefficient (Wildman–Crippen LogP) is 3.79. The minimum Gasteiger partial charge on any atom is -0.491 e. The van der Waals surface area contributed by atoms with Gasteiger partial charge in [-0.25, -0.2) is 4.39 Å². The summed E-state index contributed by atoms with van der Waals surface area (Å²) in [4.78, 5) is 13.2. The Bertz CT molecular complexity index is 1120. The molecule has 5 heteroatoms. The molecule has 4 rings (SSSR count). The fourth-order valence-electron chi connectivity index (χ4n) is 3.94. The predicted molar refractivity (Wildman–Crippen MR) is 116 cm³/mol. The van der Waals surface area contributed by atoms with Crippen molar-refractivity contribution in [3.05, 3.63) is 99.4 Å². The van der Waals surface area contributed by atoms with Crippen molar-refractivity contribution >= 4 is 5.78 Å². The van der Waals surface area contributed by atoms with Crippen LogP contribution in [0, 0.1) is 12.7 Å². The fourth-order valence-corrected chi connectivity index (χ4v) is 3.94. The third-order valence-electron chi connectivity index (χ3n) is 5.66. The minimum atomic E-state index is -0.966. The van der Waals surface area contributed by atoms with E-state index in [0.717, 1.165) is 35.1 Å². The molecular weight excluding hydrogens is 395 g/mol. The van der Waals surface area contributed by atoms with Crippen molar-refractivity contribution in [1.82, 2.24) is 0 Å². The number of hydrogen-bond donors (Lipinski definition) is 2. The normalized spacial score (nSPS) is 13.9. The number of ketones is 1. The first-order valence-corrected chi connectivity index (χ1v) is 10.4. The molecule has 0 spiro atoms. The molecule has 0 amide bonds. The Kier molecular flexibility index (Phi) is 6.16. The Morgan fingerprint density at radius 1 is 1.00 bits per heavy atom. The quantitative estimate of drug-likeness (QED) is 0.637. The summed E-state index contributed by atoms with van der Waals surface area (Å²) >= 11 is 0. The highest BCUT2D eigenvalue weighted by atomic mass is 19.1. The molecule has 1 aliphatic rings. The molecule has 0 radical (unpaired) electrons. The van der Waals surface area contributed by atoms with Gasteiger partial charge >= 0.3 is 0 Å². The molecule has 1 aliphatic carbocycles. The van der Waals surface area contributed by atoms with Crippen LogP contribution in [0.1, 0.15) is 43.7 Å². The van der Waals surface area contributed by atoms with Crippen LogP contribution in [0.3, 0.4) is 0 Å². The van der Waals surface area contributed by atoms with E-state index in [0.29, 0.717) is 28.9 Å². The molecule has 31 heavy (non-hydrogen) atoms. The summed E-state index contributed by atoms with van der Waals surface area (Å²) in [5.74, 6) is 0.204. The molecule has 0 saturated carbocycles. The molecule has 160 valence electrons. The Hall–Kier alpha value is -3.02. The number of aliphatic hydroxyl groups excluding tert-OH is 2. The van der Waals surface area contributed by atoms with Gasteiger partial charge in [-0.3, -0.25) is 4.79 Å². The first kappa shape index (κ1) is 21.2. The molecule has 0 saturated heterocycles. The second kappa shape index (κ2) is 9.00. The summed E-state index contributed by atoms with van der Waals surface area (Å²) in [6, 6.07) is 16.3. The van der Waals surface area contributed by atoms with Crippen LogP contribution in [0.2, 0.25) is 0 Å². The van der Waals surface area contributed by atoms with Crippen LogP contribution in [-0.2, 0) is 19.3 Å². The van der Waals surface area contributed by atoms with Gasteiger partial charge in [0.1, 0.15) is 24.3 Å². The van der Waals surface area contributed by atoms with Gasteiger partial charge in [-0.15, -0.1) is 0 Å². The number of aryl methyl sites for hydroxylation is 3. The van der Waals surface area contributed by atoms with Gasteiger partial charge in [0.2, 0.25) is 0 Å². The average Bonchev–Trinajstić information content (AvgIpc) is 2.90. The van der Waals surface area contributed by atoms with Crippen molar-refractivity contribution in [2.45, 2.75) is 32.3 Å². The van der Waals surface area contributed by atoms with Gasteiger partial charge in [-0.1, -0.05) is 36.4 Å². The summed E-state index contributed by atoms with van der Waals surface area (Å²) in [7, 11) is 0. The molecule has 0 aliphatic heterocycles. The lowest BCUT2D eigenvalue weighted by molar-refractivity contribution is 0.0536. The number of rotatable bonds is 6. The third-order valence-corrected chi connectivity index (χ3v) is 5.66. The highest BCUT2D eigenvalue weighted by molar-refractivity contribution is 6.11. The molecule has 0 aromatic heterocycles. The van der Waals surface area contributed by atoms with E-state index < -0.39 is 6.10 Å². The highest BCUT2D eigenvalue weighted by Crippen LogP contribution is 2.29. The fraction of sp³-hybridized carbons (Fsp3) is 0.269. The third kappa shape index (κ3) is 4.68. The summed E-state index contributed by atoms with van der Waals surface area (Å²) in [5.41, 5.74) is 5.65. The smallest absolute Gasteiger partial charge is 0.193 e. The van der Waals surface area contributed by atoms with Gasteiger partial charge in [0, 0.05) is 17.5 Å². The summed E-state index contributed by atoms with van der Waals surface area (Å²) in [5, 5.41) is 18.4. The van der Waals surface area contributed by atoms with E-state index in [4.69, 9.17) is 9.84 Å². The van der Waals surface area contributed by atoms with Crippen LogP contribution < -0.4 is 4.74 Å². The number of fused-ring (bicyclic) bond motifs is 2. The van der Waals surface area contributed by atoms with E-state index in [-0.39, 0.29) is 24.8 Å². The molecule has 0 heterocycles. The lowest BCUT2D eigenvalue weighted by atomic mass is 9.95. The van der Waals surface area contributed by atoms with Gasteiger partial charge in [0.15, 0.2) is 5.78 Å². The van der Waals surface area contributed by atoms with E-state index in [1.807, 2.05) is 43.3 Å². The first-order valence-electron chi connectivity index (χ1n) is 10.4. The van der Waals surface area contributed by atoms with Crippen LogP contribution >= 0.6 is 0 Å². The minimum absolute atomic E-state index is 0.0427. The van der Waals surface area contributed by atoms with Crippen molar-refractivity contribution in [3.63, 3.8) is 0 Å². The maximum absolute atomic E-state index is 14.3. The zero-order valence-electron chi connectivity index (χ0n) is 17.4. The van der Waals surface area contributed by atoms with E-state index in [1.54, 1.807) is 12.1 Å². The van der Waals surface area contributed by atoms with Crippen LogP contribution in [0.15, 0.2) is 54.6 Å². The molecule has 0 fully saturated rings. The number of benzene rings is 3. The number of halogens is 1. The maximum Gasteiger partial charge on any atom is 0.193 e. The molecule has 1 atom stereocenters. The van der Waals surface area contributed by atoms with E-state index in [2.05, 4.69) is 0 Å². The molecule has 2 N–H and O–H groups in total. The average molecular weight is 420 g/mol. The van der Waals surface area contributed by atoms with Crippen LogP contribution in [0.5, 0.6) is 5.75 Å². The zero-order chi connectivity index (χ0) is 22.0. The summed E-state index contributed by atoms with van der Waals surface area (Å²) in [6.45, 7) is 1.44. The maximum atomic E-state index is 14.3. The monoisotopic (exact) mass is 420 g/mol. The molecule has 0 unspecified atom stereocenters. The number of carbonyl (C=O) groups excluding carboxylic acids is 1. The first-order chi connectivity index (χ1) is 14.9. The second-order valence-corrected chi connectivity index (χ2v) is 8.06. The molecule has 4 nitrogen and oxygen atoms in total. The Morgan fingerprint density at radius 2 is 1.81 bits per heavy atom. The highest BCUT2D eigenvalue weighted by Gasteiger charge is 2.22. The van der Waals surface area contributed by atoms with Gasteiger partial charge < -0.3 is 14.9 Å². The van der Waals surface area contributed by atoms with Crippen molar-refractivity contribution in [2.75, 3.05) is 13.2 Å². The van der Waals surface area contributed by atoms with E-state index in [1.165, 1.54) is 6.07 Å². The number of aliphatic hydroxyl groups is 2. The summed E-state index contributed by atoms with van der Waals surface area (Å²) < 4.78 is 19.8. The van der Waals surface area contributed by atoms with E-state index in [9.17, 15) is 14.3 Å². The molecule has 3 aromatic carbocycles. The van der Waals surface area contributed by atoms with Gasteiger partial charge in [0.25, 0.3) is 0 Å². The Balaban J connectivity index is 1.58. The Labute approximate surface area is 180 Å². The second-order valence-electron chi connectivity index (χ2n) is 8.06.